The number of fused-ring (bicyclic) bond motifs is 5. The SMILES string of the molecule is [C-]#[N+]/C(C#N)=C1\C(=C\c2cc(OCC(CC)CCCC)c(-c3cc4c(s3)-c3sc(-c5sc(/C=C6\C(=O)c7ccccc7\C6=C(\C#N)[N+]#[C-])cc5OCC(CC)CCCC)cc3C4(CC(CC)CCCC)CC(CC)CCCC)s2)C(=O)c2ccccc21. The molecular formula is C75H82N4O4S4. The first-order valence-electron chi connectivity index (χ1n) is 32.0. The van der Waals surface area contributed by atoms with E-state index in [-0.39, 0.29) is 28.4 Å². The van der Waals surface area contributed by atoms with Crippen LogP contribution in [0.15, 0.2) is 95.3 Å². The molecule has 0 fully saturated rings. The van der Waals surface area contributed by atoms with E-state index in [0.717, 1.165) is 143 Å². The Morgan fingerprint density at radius 3 is 1.21 bits per heavy atom. The molecule has 6 aromatic rings. The molecule has 87 heavy (non-hydrogen) atoms. The van der Waals surface area contributed by atoms with Crippen LogP contribution in [0, 0.1) is 59.5 Å². The van der Waals surface area contributed by atoms with Crippen molar-refractivity contribution in [2.45, 2.75) is 176 Å². The summed E-state index contributed by atoms with van der Waals surface area (Å²) in [6.45, 7) is 35.4. The summed E-state index contributed by atoms with van der Waals surface area (Å²) in [6.07, 6.45) is 23.6. The Kier molecular flexibility index (Phi) is 22.2. The molecule has 0 saturated heterocycles. The monoisotopic (exact) mass is 1230 g/mol. The number of benzene rings is 2. The number of rotatable bonds is 30. The lowest BCUT2D eigenvalue weighted by molar-refractivity contribution is 0.103. The van der Waals surface area contributed by atoms with Gasteiger partial charge in [-0.05, 0) is 108 Å². The zero-order chi connectivity index (χ0) is 61.8. The maximum atomic E-state index is 14.4. The molecule has 8 nitrogen and oxygen atoms in total. The number of ether oxygens (including phenoxy) is 2. The van der Waals surface area contributed by atoms with Crippen molar-refractivity contribution in [3.8, 4) is 52.9 Å². The van der Waals surface area contributed by atoms with Gasteiger partial charge in [-0.15, -0.1) is 45.3 Å². The Balaban J connectivity index is 1.26. The van der Waals surface area contributed by atoms with Crippen LogP contribution in [0.5, 0.6) is 11.5 Å². The molecule has 0 amide bonds. The van der Waals surface area contributed by atoms with E-state index in [0.29, 0.717) is 81.4 Å². The van der Waals surface area contributed by atoms with E-state index in [1.165, 1.54) is 33.7 Å². The van der Waals surface area contributed by atoms with Gasteiger partial charge >= 0.3 is 0 Å². The van der Waals surface area contributed by atoms with Crippen molar-refractivity contribution in [1.29, 1.82) is 10.5 Å². The molecule has 0 spiro atoms. The maximum absolute atomic E-state index is 14.4. The molecule has 0 aliphatic heterocycles. The van der Waals surface area contributed by atoms with Gasteiger partial charge in [0.25, 0.3) is 11.4 Å². The number of unbranched alkanes of at least 4 members (excludes halogenated alkanes) is 4. The van der Waals surface area contributed by atoms with Crippen molar-refractivity contribution < 1.29 is 19.1 Å². The summed E-state index contributed by atoms with van der Waals surface area (Å²) in [4.78, 5) is 44.5. The number of hydrogen-bond donors (Lipinski definition) is 0. The largest absolute Gasteiger partial charge is 0.492 e. The van der Waals surface area contributed by atoms with Gasteiger partial charge in [-0.2, -0.15) is 0 Å². The summed E-state index contributed by atoms with van der Waals surface area (Å²) >= 11 is 6.92. The highest BCUT2D eigenvalue weighted by Gasteiger charge is 2.49. The molecule has 4 aromatic heterocycles. The molecule has 3 aliphatic rings. The summed E-state index contributed by atoms with van der Waals surface area (Å²) < 4.78 is 14.1. The minimum atomic E-state index is -0.297. The van der Waals surface area contributed by atoms with Crippen LogP contribution in [-0.4, -0.2) is 24.8 Å². The first-order chi connectivity index (χ1) is 42.4. The predicted molar refractivity (Wildman–Crippen MR) is 364 cm³/mol. The first kappa shape index (κ1) is 64.6. The normalized spacial score (nSPS) is 18.3. The van der Waals surface area contributed by atoms with Gasteiger partial charge in [0.05, 0.1) is 48.3 Å². The predicted octanol–water partition coefficient (Wildman–Crippen LogP) is 22.8. The number of hydrogen-bond acceptors (Lipinski definition) is 10. The van der Waals surface area contributed by atoms with E-state index >= 15 is 0 Å². The third kappa shape index (κ3) is 13.4. The van der Waals surface area contributed by atoms with Gasteiger partial charge < -0.3 is 9.47 Å². The second kappa shape index (κ2) is 29.9. The van der Waals surface area contributed by atoms with E-state index < -0.39 is 0 Å². The fraction of sp³-hybridized carbons (Fsp3) is 0.440. The van der Waals surface area contributed by atoms with Crippen molar-refractivity contribution in [1.82, 2.24) is 0 Å². The number of ketones is 2. The fourth-order valence-electron chi connectivity index (χ4n) is 13.2. The molecule has 0 saturated carbocycles. The fourth-order valence-corrected chi connectivity index (χ4v) is 18.2. The lowest BCUT2D eigenvalue weighted by Crippen LogP contribution is -2.31. The Labute approximate surface area is 533 Å². The minimum Gasteiger partial charge on any atom is -0.492 e. The summed E-state index contributed by atoms with van der Waals surface area (Å²) in [7, 11) is 0. The van der Waals surface area contributed by atoms with Gasteiger partial charge in [0.1, 0.15) is 11.5 Å². The van der Waals surface area contributed by atoms with Crippen LogP contribution >= 0.6 is 45.3 Å². The van der Waals surface area contributed by atoms with Crippen LogP contribution in [0.25, 0.3) is 62.3 Å². The molecule has 4 atom stereocenters. The van der Waals surface area contributed by atoms with Gasteiger partial charge in [-0.3, -0.25) is 9.59 Å². The number of thiophene rings is 4. The minimum absolute atomic E-state index is 0.0983. The molecule has 4 heterocycles. The number of allylic oxidation sites excluding steroid dienone is 6. The van der Waals surface area contributed by atoms with Gasteiger partial charge in [-0.25, -0.2) is 20.2 Å². The Bertz CT molecular complexity index is 3530. The lowest BCUT2D eigenvalue weighted by Gasteiger charge is -2.37. The standard InChI is InChI=1S/C75H82N4O4S4/c1-11-19-27-47(15-5)41-75(42-48(16-6)28-20-12-2)59-39-65(73-63(82-45-49(17-7)29-21-13-3)37-51(84-73)35-57-67(61(43-76)78-9)53-31-23-25-33-55(53)69(57)80)86-71(59)72-60(75)40-66(87-72)74-64(83-46-50(18-8)30-22-14-4)38-52(85-74)36-58-68(62(44-77)79-10)54-32-24-26-34-56(54)70(58)81/h23-26,31-40,47-50H,11-22,27-30,41-42,45-46H2,1-8H3/b57-35-,58-36-,67-61-,68-62+. The molecule has 12 heteroatoms. The van der Waals surface area contributed by atoms with Crippen LogP contribution in [0.3, 0.4) is 0 Å². The number of carbonyl (C=O) groups excluding carboxylic acids is 2. The van der Waals surface area contributed by atoms with Crippen molar-refractivity contribution in [3.05, 3.63) is 161 Å². The van der Waals surface area contributed by atoms with Crippen LogP contribution < -0.4 is 9.47 Å². The zero-order valence-corrected chi connectivity index (χ0v) is 55.4. The second-order valence-electron chi connectivity index (χ2n) is 23.9. The van der Waals surface area contributed by atoms with Gasteiger partial charge in [0.15, 0.2) is 11.6 Å². The van der Waals surface area contributed by atoms with Crippen molar-refractivity contribution in [3.63, 3.8) is 0 Å². The molecule has 450 valence electrons. The Morgan fingerprint density at radius 1 is 0.517 bits per heavy atom. The number of carbonyl (C=O) groups is 2. The van der Waals surface area contributed by atoms with E-state index in [9.17, 15) is 20.1 Å². The molecule has 0 bridgehead atoms. The molecule has 4 unspecified atom stereocenters. The van der Waals surface area contributed by atoms with E-state index in [1.807, 2.05) is 71.2 Å². The highest BCUT2D eigenvalue weighted by molar-refractivity contribution is 7.29. The average molecular weight is 1230 g/mol. The molecule has 0 radical (unpaired) electrons. The van der Waals surface area contributed by atoms with Crippen LogP contribution in [-0.2, 0) is 5.41 Å². The lowest BCUT2D eigenvalue weighted by atomic mass is 9.65. The maximum Gasteiger partial charge on any atom is 0.270 e. The van der Waals surface area contributed by atoms with Crippen LogP contribution in [0.2, 0.25) is 0 Å². The van der Waals surface area contributed by atoms with Crippen molar-refractivity contribution in [2.24, 2.45) is 23.7 Å². The highest BCUT2D eigenvalue weighted by atomic mass is 32.1. The van der Waals surface area contributed by atoms with E-state index in [1.54, 1.807) is 34.8 Å². The quantitative estimate of drug-likeness (QED) is 0.0252. The van der Waals surface area contributed by atoms with Gasteiger partial charge in [0.2, 0.25) is 0 Å². The molecule has 9 rings (SSSR count). The average Bonchev–Trinajstić information content (AvgIpc) is 1.56. The van der Waals surface area contributed by atoms with Crippen molar-refractivity contribution in [2.75, 3.05) is 13.2 Å². The highest BCUT2D eigenvalue weighted by Crippen LogP contribution is 2.64. The topological polar surface area (TPSA) is 109 Å². The molecule has 2 aromatic carbocycles. The van der Waals surface area contributed by atoms with Crippen LogP contribution in [0.4, 0.5) is 0 Å². The smallest absolute Gasteiger partial charge is 0.270 e. The first-order valence-corrected chi connectivity index (χ1v) is 35.3. The van der Waals surface area contributed by atoms with E-state index in [4.69, 9.17) is 22.6 Å². The molecule has 0 N–H and O–H groups in total. The molecule has 3 aliphatic carbocycles. The van der Waals surface area contributed by atoms with Crippen LogP contribution in [0.1, 0.15) is 224 Å². The summed E-state index contributed by atoms with van der Waals surface area (Å²) in [6, 6.07) is 28.0. The number of nitriles is 2. The number of nitrogens with zero attached hydrogens (tertiary/aromatic N) is 4. The third-order valence-corrected chi connectivity index (χ3v) is 23.3. The zero-order valence-electron chi connectivity index (χ0n) is 52.1. The molecular weight excluding hydrogens is 1150 g/mol. The third-order valence-electron chi connectivity index (χ3n) is 18.4. The van der Waals surface area contributed by atoms with E-state index in [2.05, 4.69) is 101 Å². The second-order valence-corrected chi connectivity index (χ2v) is 28.2. The Morgan fingerprint density at radius 2 is 0.874 bits per heavy atom. The van der Waals surface area contributed by atoms with Gasteiger partial charge in [-0.1, -0.05) is 194 Å². The summed E-state index contributed by atoms with van der Waals surface area (Å²) in [5, 5.41) is 20.5. The summed E-state index contributed by atoms with van der Waals surface area (Å²) in [5.41, 5.74) is 6.00. The number of Topliss-reactive ketones (excluding diaryl/α,β-unsaturated/α-hetero) is 2. The van der Waals surface area contributed by atoms with Crippen molar-refractivity contribution >= 4 is 80.2 Å². The van der Waals surface area contributed by atoms with Gasteiger partial charge in [0, 0.05) is 68.1 Å². The summed E-state index contributed by atoms with van der Waals surface area (Å²) in [5.74, 6) is 2.93. The Hall–Kier alpha value is -6.90.